The molecule has 0 saturated heterocycles. The van der Waals surface area contributed by atoms with E-state index in [0.29, 0.717) is 6.54 Å². The molecule has 1 saturated carbocycles. The van der Waals surface area contributed by atoms with E-state index in [4.69, 9.17) is 0 Å². The van der Waals surface area contributed by atoms with Crippen LogP contribution in [0.25, 0.3) is 0 Å². The van der Waals surface area contributed by atoms with E-state index in [1.165, 1.54) is 43.2 Å². The molecule has 1 N–H and O–H groups in total. The fourth-order valence-electron chi connectivity index (χ4n) is 2.79. The lowest BCUT2D eigenvalue weighted by molar-refractivity contribution is -0.107. The summed E-state index contributed by atoms with van der Waals surface area (Å²) in [4.78, 5) is 10.2. The zero-order valence-corrected chi connectivity index (χ0v) is 11.0. The molecule has 2 rings (SSSR count). The lowest BCUT2D eigenvalue weighted by Gasteiger charge is -2.22. The van der Waals surface area contributed by atoms with Gasteiger partial charge in [0.2, 0.25) is 0 Å². The zero-order chi connectivity index (χ0) is 12.6. The van der Waals surface area contributed by atoms with Crippen molar-refractivity contribution in [3.8, 4) is 0 Å². The van der Waals surface area contributed by atoms with Gasteiger partial charge < -0.3 is 10.1 Å². The number of carbonyl (C=O) groups is 1. The van der Waals surface area contributed by atoms with Crippen molar-refractivity contribution in [3.63, 3.8) is 0 Å². The van der Waals surface area contributed by atoms with Crippen LogP contribution in [0.2, 0.25) is 0 Å². The summed E-state index contributed by atoms with van der Waals surface area (Å²) >= 11 is 0. The summed E-state index contributed by atoms with van der Waals surface area (Å²) < 4.78 is 0. The maximum Gasteiger partial charge on any atom is 0.133 e. The van der Waals surface area contributed by atoms with Gasteiger partial charge in [-0.15, -0.1) is 0 Å². The monoisotopic (exact) mass is 245 g/mol. The summed E-state index contributed by atoms with van der Waals surface area (Å²) in [7, 11) is 0. The molecule has 0 heterocycles. The minimum absolute atomic E-state index is 0.458. The Bertz CT molecular complexity index is 352. The molecule has 1 aliphatic rings. The molecule has 2 nitrogen and oxygen atoms in total. The SMILES string of the molecule is O=CCNCCc1ccc(C2CCCCC2)cc1. The summed E-state index contributed by atoms with van der Waals surface area (Å²) in [6.45, 7) is 1.33. The molecule has 0 amide bonds. The van der Waals surface area contributed by atoms with Gasteiger partial charge in [-0.3, -0.25) is 0 Å². The highest BCUT2D eigenvalue weighted by atomic mass is 16.1. The molecular weight excluding hydrogens is 222 g/mol. The summed E-state index contributed by atoms with van der Waals surface area (Å²) in [5.41, 5.74) is 2.87. The maximum absolute atomic E-state index is 10.2. The van der Waals surface area contributed by atoms with Gasteiger partial charge >= 0.3 is 0 Å². The van der Waals surface area contributed by atoms with Crippen molar-refractivity contribution < 1.29 is 4.79 Å². The van der Waals surface area contributed by atoms with Crippen molar-refractivity contribution in [2.75, 3.05) is 13.1 Å². The number of hydrogen-bond acceptors (Lipinski definition) is 2. The predicted octanol–water partition coefficient (Wildman–Crippen LogP) is 3.07. The van der Waals surface area contributed by atoms with Crippen LogP contribution in [0, 0.1) is 0 Å². The Labute approximate surface area is 110 Å². The second kappa shape index (κ2) is 7.32. The first-order chi connectivity index (χ1) is 8.90. The number of benzene rings is 1. The third kappa shape index (κ3) is 3.95. The van der Waals surface area contributed by atoms with Crippen molar-refractivity contribution >= 4 is 6.29 Å². The predicted molar refractivity (Wildman–Crippen MR) is 74.9 cm³/mol. The van der Waals surface area contributed by atoms with Gasteiger partial charge in [0.15, 0.2) is 0 Å². The molecule has 1 aromatic carbocycles. The van der Waals surface area contributed by atoms with E-state index in [1.54, 1.807) is 0 Å². The van der Waals surface area contributed by atoms with Gasteiger partial charge in [-0.25, -0.2) is 0 Å². The number of nitrogens with one attached hydrogen (secondary N) is 1. The Morgan fingerprint density at radius 3 is 2.50 bits per heavy atom. The van der Waals surface area contributed by atoms with Crippen LogP contribution in [0.15, 0.2) is 24.3 Å². The lowest BCUT2D eigenvalue weighted by Crippen LogP contribution is -2.19. The van der Waals surface area contributed by atoms with E-state index in [-0.39, 0.29) is 0 Å². The van der Waals surface area contributed by atoms with Gasteiger partial charge in [-0.1, -0.05) is 43.5 Å². The highest BCUT2D eigenvalue weighted by molar-refractivity contribution is 5.51. The van der Waals surface area contributed by atoms with Crippen LogP contribution in [-0.4, -0.2) is 19.4 Å². The molecule has 0 aromatic heterocycles. The zero-order valence-electron chi connectivity index (χ0n) is 11.0. The van der Waals surface area contributed by atoms with Crippen LogP contribution in [0.4, 0.5) is 0 Å². The second-order valence-electron chi connectivity index (χ2n) is 5.20. The maximum atomic E-state index is 10.2. The second-order valence-corrected chi connectivity index (χ2v) is 5.20. The summed E-state index contributed by atoms with van der Waals surface area (Å²) in [6.07, 6.45) is 8.83. The summed E-state index contributed by atoms with van der Waals surface area (Å²) in [6, 6.07) is 9.08. The first-order valence-electron chi connectivity index (χ1n) is 7.13. The van der Waals surface area contributed by atoms with Crippen LogP contribution in [0.1, 0.15) is 49.1 Å². The Morgan fingerprint density at radius 1 is 1.11 bits per heavy atom. The number of hydrogen-bond donors (Lipinski definition) is 1. The Balaban J connectivity index is 1.82. The molecule has 98 valence electrons. The molecular formula is C16H23NO. The smallest absolute Gasteiger partial charge is 0.133 e. The van der Waals surface area contributed by atoms with E-state index in [2.05, 4.69) is 29.6 Å². The molecule has 0 unspecified atom stereocenters. The number of aldehydes is 1. The normalized spacial score (nSPS) is 16.7. The van der Waals surface area contributed by atoms with Gasteiger partial charge in [-0.05, 0) is 42.9 Å². The van der Waals surface area contributed by atoms with Crippen LogP contribution in [-0.2, 0) is 11.2 Å². The first kappa shape index (κ1) is 13.3. The van der Waals surface area contributed by atoms with Crippen LogP contribution < -0.4 is 5.32 Å². The largest absolute Gasteiger partial charge is 0.310 e. The van der Waals surface area contributed by atoms with Crippen LogP contribution in [0.3, 0.4) is 0 Å². The molecule has 0 atom stereocenters. The fourth-order valence-corrected chi connectivity index (χ4v) is 2.79. The third-order valence-corrected chi connectivity index (χ3v) is 3.87. The average Bonchev–Trinajstić information content (AvgIpc) is 2.45. The highest BCUT2D eigenvalue weighted by Gasteiger charge is 2.14. The van der Waals surface area contributed by atoms with E-state index in [9.17, 15) is 4.79 Å². The molecule has 0 bridgehead atoms. The molecule has 1 aliphatic carbocycles. The standard InChI is InChI=1S/C16H23NO/c18-13-12-17-11-10-14-6-8-16(9-7-14)15-4-2-1-3-5-15/h6-9,13,15,17H,1-5,10-12H2. The molecule has 18 heavy (non-hydrogen) atoms. The molecule has 0 aliphatic heterocycles. The van der Waals surface area contributed by atoms with Gasteiger partial charge in [0.1, 0.15) is 6.29 Å². The van der Waals surface area contributed by atoms with Crippen molar-refractivity contribution in [1.82, 2.24) is 5.32 Å². The van der Waals surface area contributed by atoms with Gasteiger partial charge in [0.05, 0.1) is 6.54 Å². The molecule has 1 aromatic rings. The van der Waals surface area contributed by atoms with E-state index in [0.717, 1.165) is 25.2 Å². The Morgan fingerprint density at radius 2 is 1.83 bits per heavy atom. The lowest BCUT2D eigenvalue weighted by atomic mass is 9.84. The van der Waals surface area contributed by atoms with Crippen molar-refractivity contribution in [2.45, 2.75) is 44.4 Å². The van der Waals surface area contributed by atoms with Crippen molar-refractivity contribution in [1.29, 1.82) is 0 Å². The minimum Gasteiger partial charge on any atom is -0.310 e. The van der Waals surface area contributed by atoms with Crippen LogP contribution >= 0.6 is 0 Å². The molecule has 2 heteroatoms. The summed E-state index contributed by atoms with van der Waals surface area (Å²) in [5, 5.41) is 3.09. The quantitative estimate of drug-likeness (QED) is 0.616. The number of carbonyl (C=O) groups excluding carboxylic acids is 1. The molecule has 0 spiro atoms. The average molecular weight is 245 g/mol. The third-order valence-electron chi connectivity index (χ3n) is 3.87. The van der Waals surface area contributed by atoms with Gasteiger partial charge in [0, 0.05) is 0 Å². The van der Waals surface area contributed by atoms with E-state index in [1.807, 2.05) is 0 Å². The number of rotatable bonds is 6. The van der Waals surface area contributed by atoms with E-state index < -0.39 is 0 Å². The fraction of sp³-hybridized carbons (Fsp3) is 0.562. The van der Waals surface area contributed by atoms with Gasteiger partial charge in [0.25, 0.3) is 0 Å². The topological polar surface area (TPSA) is 29.1 Å². The van der Waals surface area contributed by atoms with Crippen molar-refractivity contribution in [3.05, 3.63) is 35.4 Å². The van der Waals surface area contributed by atoms with Gasteiger partial charge in [-0.2, -0.15) is 0 Å². The Kier molecular flexibility index (Phi) is 5.40. The van der Waals surface area contributed by atoms with E-state index >= 15 is 0 Å². The summed E-state index contributed by atoms with van der Waals surface area (Å²) in [5.74, 6) is 0.793. The first-order valence-corrected chi connectivity index (χ1v) is 7.13. The molecule has 1 fully saturated rings. The molecule has 0 radical (unpaired) electrons. The highest BCUT2D eigenvalue weighted by Crippen LogP contribution is 2.32. The Hall–Kier alpha value is -1.15. The van der Waals surface area contributed by atoms with Crippen LogP contribution in [0.5, 0.6) is 0 Å². The minimum atomic E-state index is 0.458. The van der Waals surface area contributed by atoms with Crippen molar-refractivity contribution in [2.24, 2.45) is 0 Å².